The molecular weight excluding hydrogens is 344 g/mol. The summed E-state index contributed by atoms with van der Waals surface area (Å²) in [7, 11) is 0. The van der Waals surface area contributed by atoms with E-state index in [1.54, 1.807) is 10.6 Å². The molecule has 0 spiro atoms. The van der Waals surface area contributed by atoms with Gasteiger partial charge in [-0.15, -0.1) is 11.3 Å². The summed E-state index contributed by atoms with van der Waals surface area (Å²) in [6.07, 6.45) is 0. The summed E-state index contributed by atoms with van der Waals surface area (Å²) in [6.45, 7) is 4.41. The standard InChI is InChI=1S/C21H18N2O2S/c1-14-6-8-16(9-7-14)13-22-18-10-11-26-19(18)20(24)23(21(22)25)17-5-3-4-15(2)12-17/h3-12H,13H2,1-2H3. The van der Waals surface area contributed by atoms with E-state index >= 15 is 0 Å². The van der Waals surface area contributed by atoms with Gasteiger partial charge in [-0.2, -0.15) is 0 Å². The van der Waals surface area contributed by atoms with Gasteiger partial charge in [-0.3, -0.25) is 9.36 Å². The zero-order valence-corrected chi connectivity index (χ0v) is 15.4. The molecule has 0 amide bonds. The number of hydrogen-bond acceptors (Lipinski definition) is 3. The number of hydrogen-bond donors (Lipinski definition) is 0. The molecule has 26 heavy (non-hydrogen) atoms. The van der Waals surface area contributed by atoms with Crippen LogP contribution in [0.4, 0.5) is 0 Å². The van der Waals surface area contributed by atoms with Crippen molar-refractivity contribution in [2.24, 2.45) is 0 Å². The molecule has 2 aromatic carbocycles. The summed E-state index contributed by atoms with van der Waals surface area (Å²) in [5.74, 6) is 0. The summed E-state index contributed by atoms with van der Waals surface area (Å²) in [6, 6.07) is 17.4. The van der Waals surface area contributed by atoms with E-state index < -0.39 is 0 Å². The van der Waals surface area contributed by atoms with Crippen molar-refractivity contribution in [3.05, 3.63) is 97.5 Å². The van der Waals surface area contributed by atoms with E-state index in [2.05, 4.69) is 0 Å². The van der Waals surface area contributed by atoms with Gasteiger partial charge in [-0.1, -0.05) is 42.0 Å². The molecule has 0 atom stereocenters. The Labute approximate surface area is 154 Å². The minimum absolute atomic E-state index is 0.259. The van der Waals surface area contributed by atoms with Gasteiger partial charge < -0.3 is 0 Å². The first kappa shape index (κ1) is 16.5. The third-order valence-corrected chi connectivity index (χ3v) is 5.37. The quantitative estimate of drug-likeness (QED) is 0.555. The van der Waals surface area contributed by atoms with Gasteiger partial charge in [-0.25, -0.2) is 9.36 Å². The van der Waals surface area contributed by atoms with E-state index in [1.807, 2.05) is 67.8 Å². The van der Waals surface area contributed by atoms with Gasteiger partial charge in [0.15, 0.2) is 0 Å². The van der Waals surface area contributed by atoms with Crippen molar-refractivity contribution in [1.82, 2.24) is 9.13 Å². The second-order valence-corrected chi connectivity index (χ2v) is 7.38. The van der Waals surface area contributed by atoms with Crippen molar-refractivity contribution in [3.63, 3.8) is 0 Å². The van der Waals surface area contributed by atoms with Crippen molar-refractivity contribution in [2.45, 2.75) is 20.4 Å². The van der Waals surface area contributed by atoms with Crippen molar-refractivity contribution >= 4 is 21.6 Å². The van der Waals surface area contributed by atoms with Crippen LogP contribution >= 0.6 is 11.3 Å². The maximum atomic E-state index is 13.2. The third kappa shape index (κ3) is 2.80. The fourth-order valence-corrected chi connectivity index (χ4v) is 3.93. The zero-order chi connectivity index (χ0) is 18.3. The Morgan fingerprint density at radius 1 is 0.923 bits per heavy atom. The molecular formula is C21H18N2O2S. The number of benzene rings is 2. The number of thiophene rings is 1. The molecule has 4 nitrogen and oxygen atoms in total. The summed E-state index contributed by atoms with van der Waals surface area (Å²) in [5.41, 5.74) is 3.93. The average Bonchev–Trinajstić information content (AvgIpc) is 3.10. The minimum atomic E-state index is -0.313. The number of rotatable bonds is 3. The molecule has 0 aliphatic rings. The third-order valence-electron chi connectivity index (χ3n) is 4.48. The summed E-state index contributed by atoms with van der Waals surface area (Å²) in [4.78, 5) is 26.1. The molecule has 130 valence electrons. The predicted octanol–water partition coefficient (Wildman–Crippen LogP) is 3.88. The van der Waals surface area contributed by atoms with Crippen molar-refractivity contribution in [1.29, 1.82) is 0 Å². The van der Waals surface area contributed by atoms with Gasteiger partial charge in [0.2, 0.25) is 0 Å². The normalized spacial score (nSPS) is 11.2. The molecule has 0 saturated carbocycles. The molecule has 0 fully saturated rings. The summed E-state index contributed by atoms with van der Waals surface area (Å²) in [5, 5.41) is 1.86. The van der Waals surface area contributed by atoms with Crippen LogP contribution in [-0.4, -0.2) is 9.13 Å². The molecule has 0 saturated heterocycles. The van der Waals surface area contributed by atoms with Gasteiger partial charge in [0.25, 0.3) is 5.56 Å². The maximum absolute atomic E-state index is 13.2. The number of aryl methyl sites for hydroxylation is 2. The Balaban J connectivity index is 1.98. The lowest BCUT2D eigenvalue weighted by Crippen LogP contribution is -2.38. The van der Waals surface area contributed by atoms with E-state index in [0.29, 0.717) is 22.4 Å². The predicted molar refractivity (Wildman–Crippen MR) is 107 cm³/mol. The van der Waals surface area contributed by atoms with Crippen LogP contribution in [-0.2, 0) is 6.54 Å². The van der Waals surface area contributed by atoms with Crippen molar-refractivity contribution < 1.29 is 0 Å². The summed E-state index contributed by atoms with van der Waals surface area (Å²) < 4.78 is 3.55. The van der Waals surface area contributed by atoms with Crippen LogP contribution in [0.5, 0.6) is 0 Å². The van der Waals surface area contributed by atoms with Gasteiger partial charge >= 0.3 is 5.69 Å². The van der Waals surface area contributed by atoms with E-state index in [4.69, 9.17) is 0 Å². The van der Waals surface area contributed by atoms with Crippen LogP contribution in [0.3, 0.4) is 0 Å². The largest absolute Gasteiger partial charge is 0.336 e. The van der Waals surface area contributed by atoms with Crippen LogP contribution in [0.2, 0.25) is 0 Å². The number of fused-ring (bicyclic) bond motifs is 1. The van der Waals surface area contributed by atoms with Crippen LogP contribution in [0.25, 0.3) is 15.9 Å². The van der Waals surface area contributed by atoms with Crippen molar-refractivity contribution in [3.8, 4) is 5.69 Å². The SMILES string of the molecule is Cc1ccc(Cn2c(=O)n(-c3cccc(C)c3)c(=O)c3sccc32)cc1. The lowest BCUT2D eigenvalue weighted by Gasteiger charge is -2.13. The Kier molecular flexibility index (Phi) is 4.09. The highest BCUT2D eigenvalue weighted by atomic mass is 32.1. The van der Waals surface area contributed by atoms with E-state index in [0.717, 1.165) is 11.1 Å². The molecule has 4 rings (SSSR count). The Morgan fingerprint density at radius 3 is 2.42 bits per heavy atom. The first-order chi connectivity index (χ1) is 12.5. The van der Waals surface area contributed by atoms with Gasteiger partial charge in [0.05, 0.1) is 17.7 Å². The number of nitrogens with zero attached hydrogens (tertiary/aromatic N) is 2. The van der Waals surface area contributed by atoms with Gasteiger partial charge in [0, 0.05) is 0 Å². The molecule has 0 unspecified atom stereocenters. The lowest BCUT2D eigenvalue weighted by atomic mass is 10.1. The second-order valence-electron chi connectivity index (χ2n) is 6.47. The van der Waals surface area contributed by atoms with E-state index in [9.17, 15) is 9.59 Å². The maximum Gasteiger partial charge on any atom is 0.336 e. The first-order valence-corrected chi connectivity index (χ1v) is 9.28. The monoisotopic (exact) mass is 362 g/mol. The van der Waals surface area contributed by atoms with Gasteiger partial charge in [-0.05, 0) is 48.6 Å². The van der Waals surface area contributed by atoms with Gasteiger partial charge in [0.1, 0.15) is 4.70 Å². The fraction of sp³-hybridized carbons (Fsp3) is 0.143. The smallest absolute Gasteiger partial charge is 0.288 e. The Bertz CT molecular complexity index is 1210. The highest BCUT2D eigenvalue weighted by Gasteiger charge is 2.15. The fourth-order valence-electron chi connectivity index (χ4n) is 3.11. The molecule has 0 N–H and O–H groups in total. The highest BCUT2D eigenvalue weighted by molar-refractivity contribution is 7.17. The second kappa shape index (κ2) is 6.42. The molecule has 2 heterocycles. The average molecular weight is 362 g/mol. The van der Waals surface area contributed by atoms with E-state index in [1.165, 1.54) is 21.5 Å². The molecule has 0 aliphatic heterocycles. The summed E-state index contributed by atoms with van der Waals surface area (Å²) >= 11 is 1.37. The molecule has 0 bridgehead atoms. The first-order valence-electron chi connectivity index (χ1n) is 8.40. The van der Waals surface area contributed by atoms with Crippen molar-refractivity contribution in [2.75, 3.05) is 0 Å². The van der Waals surface area contributed by atoms with Crippen LogP contribution in [0.15, 0.2) is 69.6 Å². The topological polar surface area (TPSA) is 44.0 Å². The van der Waals surface area contributed by atoms with Crippen LogP contribution in [0, 0.1) is 13.8 Å². The van der Waals surface area contributed by atoms with Crippen LogP contribution < -0.4 is 11.2 Å². The zero-order valence-electron chi connectivity index (χ0n) is 14.6. The molecule has 2 aromatic heterocycles. The minimum Gasteiger partial charge on any atom is -0.288 e. The molecule has 0 radical (unpaired) electrons. The Hall–Kier alpha value is -2.92. The van der Waals surface area contributed by atoms with Crippen LogP contribution in [0.1, 0.15) is 16.7 Å². The highest BCUT2D eigenvalue weighted by Crippen LogP contribution is 2.18. The molecule has 0 aliphatic carbocycles. The number of aromatic nitrogens is 2. The lowest BCUT2D eigenvalue weighted by molar-refractivity contribution is 0.716. The molecule has 4 aromatic rings. The Morgan fingerprint density at radius 2 is 1.69 bits per heavy atom. The molecule has 5 heteroatoms. The van der Waals surface area contributed by atoms with E-state index in [-0.39, 0.29) is 11.2 Å².